The number of H-pyrrole nitrogens is 1. The fourth-order valence-corrected chi connectivity index (χ4v) is 1.11. The fraction of sp³-hybridized carbons (Fsp3) is 0. The summed E-state index contributed by atoms with van der Waals surface area (Å²) in [5.41, 5.74) is 0.752. The van der Waals surface area contributed by atoms with E-state index in [0.717, 1.165) is 15.6 Å². The molecule has 10 heavy (non-hydrogen) atoms. The van der Waals surface area contributed by atoms with E-state index in [0.29, 0.717) is 0 Å². The van der Waals surface area contributed by atoms with Crippen LogP contribution < -0.4 is 0 Å². The summed E-state index contributed by atoms with van der Waals surface area (Å²) in [5.74, 6) is 0. The molecular formula is C5H3BrN4. The lowest BCUT2D eigenvalue weighted by Gasteiger charge is -1.82. The van der Waals surface area contributed by atoms with E-state index in [1.807, 2.05) is 0 Å². The van der Waals surface area contributed by atoms with E-state index in [9.17, 15) is 0 Å². The third-order valence-corrected chi connectivity index (χ3v) is 1.80. The van der Waals surface area contributed by atoms with Crippen molar-refractivity contribution in [3.8, 4) is 0 Å². The predicted octanol–water partition coefficient (Wildman–Crippen LogP) is 1.12. The van der Waals surface area contributed by atoms with Crippen LogP contribution in [0.5, 0.6) is 0 Å². The van der Waals surface area contributed by atoms with Crippen LogP contribution in [0.25, 0.3) is 11.0 Å². The number of nitrogens with zero attached hydrogens (tertiary/aromatic N) is 3. The highest BCUT2D eigenvalue weighted by Gasteiger charge is 2.00. The molecule has 0 radical (unpaired) electrons. The molecule has 2 heterocycles. The third-order valence-electron chi connectivity index (χ3n) is 1.19. The largest absolute Gasteiger partial charge is 0.260 e. The Hall–Kier alpha value is -0.970. The Morgan fingerprint density at radius 3 is 3.20 bits per heavy atom. The molecule has 0 amide bonds. The van der Waals surface area contributed by atoms with Crippen LogP contribution in [-0.4, -0.2) is 20.2 Å². The average molecular weight is 199 g/mol. The number of halogens is 1. The minimum atomic E-state index is 0.752. The smallest absolute Gasteiger partial charge is 0.159 e. The Morgan fingerprint density at radius 2 is 2.40 bits per heavy atom. The Labute approximate surface area is 64.8 Å². The van der Waals surface area contributed by atoms with Crippen LogP contribution in [0.1, 0.15) is 0 Å². The lowest BCUT2D eigenvalue weighted by Crippen LogP contribution is -1.76. The summed E-state index contributed by atoms with van der Waals surface area (Å²) in [4.78, 5) is 7.79. The van der Waals surface area contributed by atoms with Crippen LogP contribution in [0.2, 0.25) is 0 Å². The van der Waals surface area contributed by atoms with Crippen molar-refractivity contribution in [2.75, 3.05) is 0 Å². The third kappa shape index (κ3) is 0.706. The zero-order valence-corrected chi connectivity index (χ0v) is 6.46. The molecule has 5 heteroatoms. The second-order valence-electron chi connectivity index (χ2n) is 1.80. The van der Waals surface area contributed by atoms with Gasteiger partial charge in [0.15, 0.2) is 5.65 Å². The number of hydrogen-bond donors (Lipinski definition) is 1. The lowest BCUT2D eigenvalue weighted by atomic mass is 10.5. The number of fused-ring (bicyclic) bond motifs is 1. The number of aromatic nitrogens is 4. The quantitative estimate of drug-likeness (QED) is 0.691. The first kappa shape index (κ1) is 5.79. The summed E-state index contributed by atoms with van der Waals surface area (Å²) < 4.78 is 0.753. The van der Waals surface area contributed by atoms with Gasteiger partial charge in [-0.15, -0.1) is 0 Å². The first-order chi connectivity index (χ1) is 4.88. The van der Waals surface area contributed by atoms with Gasteiger partial charge in [-0.25, -0.2) is 9.97 Å². The highest BCUT2D eigenvalue weighted by molar-refractivity contribution is 9.10. The van der Waals surface area contributed by atoms with Crippen LogP contribution in [0.4, 0.5) is 0 Å². The van der Waals surface area contributed by atoms with E-state index in [2.05, 4.69) is 36.1 Å². The Kier molecular flexibility index (Phi) is 1.17. The summed E-state index contributed by atoms with van der Waals surface area (Å²) in [6.45, 7) is 0. The van der Waals surface area contributed by atoms with E-state index in [4.69, 9.17) is 0 Å². The predicted molar refractivity (Wildman–Crippen MR) is 39.4 cm³/mol. The van der Waals surface area contributed by atoms with Crippen molar-refractivity contribution >= 4 is 27.0 Å². The topological polar surface area (TPSA) is 54.5 Å². The van der Waals surface area contributed by atoms with E-state index in [-0.39, 0.29) is 0 Å². The van der Waals surface area contributed by atoms with Crippen molar-refractivity contribution in [2.45, 2.75) is 0 Å². The SMILES string of the molecule is Brc1n[nH]c2ncncc12. The van der Waals surface area contributed by atoms with Crippen LogP contribution in [0.15, 0.2) is 17.1 Å². The zero-order valence-electron chi connectivity index (χ0n) is 4.87. The van der Waals surface area contributed by atoms with Crippen molar-refractivity contribution in [1.29, 1.82) is 0 Å². The molecule has 0 saturated heterocycles. The lowest BCUT2D eigenvalue weighted by molar-refractivity contribution is 1.07. The highest BCUT2D eigenvalue weighted by Crippen LogP contribution is 2.16. The Bertz CT molecular complexity index is 355. The molecule has 0 bridgehead atoms. The molecule has 0 fully saturated rings. The Balaban J connectivity index is 2.93. The molecule has 2 rings (SSSR count). The summed E-state index contributed by atoms with van der Waals surface area (Å²) in [7, 11) is 0. The minimum Gasteiger partial charge on any atom is -0.260 e. The molecule has 50 valence electrons. The molecule has 2 aromatic rings. The molecule has 0 aliphatic carbocycles. The van der Waals surface area contributed by atoms with Gasteiger partial charge in [-0.05, 0) is 15.9 Å². The second-order valence-corrected chi connectivity index (χ2v) is 2.55. The maximum atomic E-state index is 3.94. The molecular weight excluding hydrogens is 196 g/mol. The monoisotopic (exact) mass is 198 g/mol. The summed E-state index contributed by atoms with van der Waals surface area (Å²) >= 11 is 3.24. The highest BCUT2D eigenvalue weighted by atomic mass is 79.9. The molecule has 0 saturated carbocycles. The molecule has 0 unspecified atom stereocenters. The molecule has 1 N–H and O–H groups in total. The van der Waals surface area contributed by atoms with Crippen molar-refractivity contribution in [2.24, 2.45) is 0 Å². The summed E-state index contributed by atoms with van der Waals surface area (Å²) in [6, 6.07) is 0. The van der Waals surface area contributed by atoms with Crippen molar-refractivity contribution in [1.82, 2.24) is 20.2 Å². The number of rotatable bonds is 0. The van der Waals surface area contributed by atoms with Gasteiger partial charge in [-0.3, -0.25) is 5.10 Å². The molecule has 0 atom stereocenters. The average Bonchev–Trinajstić information content (AvgIpc) is 2.34. The van der Waals surface area contributed by atoms with E-state index in [1.165, 1.54) is 6.33 Å². The van der Waals surface area contributed by atoms with Gasteiger partial charge in [0, 0.05) is 6.20 Å². The van der Waals surface area contributed by atoms with E-state index < -0.39 is 0 Å². The first-order valence-electron chi connectivity index (χ1n) is 2.67. The van der Waals surface area contributed by atoms with Gasteiger partial charge in [-0.1, -0.05) is 0 Å². The molecule has 0 spiro atoms. The van der Waals surface area contributed by atoms with Gasteiger partial charge < -0.3 is 0 Å². The Morgan fingerprint density at radius 1 is 1.50 bits per heavy atom. The van der Waals surface area contributed by atoms with Gasteiger partial charge in [0.25, 0.3) is 0 Å². The first-order valence-corrected chi connectivity index (χ1v) is 3.47. The number of aromatic amines is 1. The zero-order chi connectivity index (χ0) is 6.97. The molecule has 0 aliphatic heterocycles. The number of hydrogen-bond acceptors (Lipinski definition) is 3. The van der Waals surface area contributed by atoms with Crippen LogP contribution in [0.3, 0.4) is 0 Å². The van der Waals surface area contributed by atoms with Crippen LogP contribution in [0, 0.1) is 0 Å². The molecule has 0 aliphatic rings. The minimum absolute atomic E-state index is 0.752. The number of nitrogens with one attached hydrogen (secondary N) is 1. The van der Waals surface area contributed by atoms with Crippen LogP contribution in [-0.2, 0) is 0 Å². The van der Waals surface area contributed by atoms with Gasteiger partial charge in [0.1, 0.15) is 10.9 Å². The summed E-state index contributed by atoms with van der Waals surface area (Å²) in [5, 5.41) is 7.53. The molecule has 4 nitrogen and oxygen atoms in total. The normalized spacial score (nSPS) is 10.5. The fourth-order valence-electron chi connectivity index (χ4n) is 0.732. The van der Waals surface area contributed by atoms with Gasteiger partial charge in [0.2, 0.25) is 0 Å². The van der Waals surface area contributed by atoms with Gasteiger partial charge in [0.05, 0.1) is 5.39 Å². The van der Waals surface area contributed by atoms with Crippen molar-refractivity contribution in [3.05, 3.63) is 17.1 Å². The van der Waals surface area contributed by atoms with Crippen LogP contribution >= 0.6 is 15.9 Å². The maximum Gasteiger partial charge on any atom is 0.159 e. The molecule has 0 aromatic carbocycles. The van der Waals surface area contributed by atoms with Crippen molar-refractivity contribution in [3.63, 3.8) is 0 Å². The maximum absolute atomic E-state index is 3.94. The standard InChI is InChI=1S/C5H3BrN4/c6-4-3-1-7-2-8-5(3)10-9-4/h1-2H,(H,7,8,9,10). The summed E-state index contributed by atoms with van der Waals surface area (Å²) in [6.07, 6.45) is 3.18. The van der Waals surface area contributed by atoms with Gasteiger partial charge in [-0.2, -0.15) is 5.10 Å². The van der Waals surface area contributed by atoms with Crippen molar-refractivity contribution < 1.29 is 0 Å². The second kappa shape index (κ2) is 2.02. The van der Waals surface area contributed by atoms with E-state index in [1.54, 1.807) is 6.20 Å². The van der Waals surface area contributed by atoms with Gasteiger partial charge >= 0.3 is 0 Å². The molecule has 2 aromatic heterocycles. The van der Waals surface area contributed by atoms with E-state index >= 15 is 0 Å².